The lowest BCUT2D eigenvalue weighted by Crippen LogP contribution is -2.32. The van der Waals surface area contributed by atoms with Gasteiger partial charge in [-0.3, -0.25) is 9.59 Å². The monoisotopic (exact) mass is 584 g/mol. The van der Waals surface area contributed by atoms with Gasteiger partial charge in [-0.15, -0.1) is 5.06 Å². The molecule has 12 heteroatoms. The van der Waals surface area contributed by atoms with E-state index in [9.17, 15) is 19.2 Å². The van der Waals surface area contributed by atoms with Gasteiger partial charge in [-0.2, -0.15) is 0 Å². The Balaban J connectivity index is 0.924. The summed E-state index contributed by atoms with van der Waals surface area (Å²) in [6, 6.07) is 16.4. The highest BCUT2D eigenvalue weighted by Gasteiger charge is 2.32. The van der Waals surface area contributed by atoms with Gasteiger partial charge >= 0.3 is 12.1 Å². The molecule has 0 radical (unpaired) electrons. The van der Waals surface area contributed by atoms with Gasteiger partial charge in [0, 0.05) is 25.3 Å². The molecule has 0 atom stereocenters. The van der Waals surface area contributed by atoms with Crippen molar-refractivity contribution in [1.82, 2.24) is 10.4 Å². The van der Waals surface area contributed by atoms with Crippen molar-refractivity contribution in [2.45, 2.75) is 25.2 Å². The minimum atomic E-state index is -0.705. The fourth-order valence-corrected chi connectivity index (χ4v) is 4.60. The van der Waals surface area contributed by atoms with Crippen LogP contribution in [0, 0.1) is 0 Å². The number of rotatable bonds is 18. The van der Waals surface area contributed by atoms with Crippen molar-refractivity contribution in [2.75, 3.05) is 66.0 Å². The molecule has 12 nitrogen and oxygen atoms in total. The zero-order valence-corrected chi connectivity index (χ0v) is 23.4. The van der Waals surface area contributed by atoms with Crippen LogP contribution in [0.4, 0.5) is 4.79 Å². The van der Waals surface area contributed by atoms with E-state index in [4.69, 9.17) is 28.5 Å². The standard InChI is InChI=1S/C30H36N2O10/c33-27-9-10-28(34)32(27)42-29(35)11-13-37-15-17-39-19-20-40-18-16-38-14-12-31-30(36)41-21-26-24-7-3-1-5-22(24)23-6-2-4-8-25(23)26/h1-8,26H,9-21H2,(H,31,36). The molecule has 1 heterocycles. The molecule has 1 aliphatic heterocycles. The summed E-state index contributed by atoms with van der Waals surface area (Å²) >= 11 is 0. The van der Waals surface area contributed by atoms with Gasteiger partial charge in [-0.25, -0.2) is 9.59 Å². The highest BCUT2D eigenvalue weighted by molar-refractivity contribution is 6.01. The van der Waals surface area contributed by atoms with E-state index in [1.807, 2.05) is 24.3 Å². The topological polar surface area (TPSA) is 139 Å². The fraction of sp³-hybridized carbons (Fsp3) is 0.467. The molecule has 0 unspecified atom stereocenters. The third-order valence-electron chi connectivity index (χ3n) is 6.62. The summed E-state index contributed by atoms with van der Waals surface area (Å²) in [6.45, 7) is 3.11. The molecule has 4 rings (SSSR count). The van der Waals surface area contributed by atoms with Gasteiger partial charge in [0.1, 0.15) is 6.61 Å². The van der Waals surface area contributed by atoms with Crippen molar-refractivity contribution < 1.29 is 47.7 Å². The maximum atomic E-state index is 12.2. The average Bonchev–Trinajstić information content (AvgIpc) is 3.49. The number of imide groups is 1. The minimum Gasteiger partial charge on any atom is -0.449 e. The zero-order chi connectivity index (χ0) is 29.6. The number of carbonyl (C=O) groups is 4. The molecule has 0 saturated carbocycles. The molecule has 2 aromatic rings. The summed E-state index contributed by atoms with van der Waals surface area (Å²) in [5.41, 5.74) is 4.70. The third-order valence-corrected chi connectivity index (χ3v) is 6.62. The molecule has 2 aliphatic rings. The van der Waals surface area contributed by atoms with Gasteiger partial charge in [0.15, 0.2) is 0 Å². The minimum absolute atomic E-state index is 0.0198. The van der Waals surface area contributed by atoms with E-state index >= 15 is 0 Å². The smallest absolute Gasteiger partial charge is 0.407 e. The largest absolute Gasteiger partial charge is 0.449 e. The quantitative estimate of drug-likeness (QED) is 0.205. The number of nitrogens with zero attached hydrogens (tertiary/aromatic N) is 1. The second-order valence-corrected chi connectivity index (χ2v) is 9.50. The van der Waals surface area contributed by atoms with E-state index in [2.05, 4.69) is 29.6 Å². The van der Waals surface area contributed by atoms with Crippen molar-refractivity contribution in [2.24, 2.45) is 0 Å². The molecular weight excluding hydrogens is 548 g/mol. The summed E-state index contributed by atoms with van der Waals surface area (Å²) in [5, 5.41) is 3.22. The first kappa shape index (κ1) is 31.1. The van der Waals surface area contributed by atoms with E-state index in [0.717, 1.165) is 0 Å². The van der Waals surface area contributed by atoms with Crippen LogP contribution in [-0.2, 0) is 42.9 Å². The molecule has 1 fully saturated rings. The molecule has 0 bridgehead atoms. The number of hydrogen-bond donors (Lipinski definition) is 1. The van der Waals surface area contributed by atoms with Crippen LogP contribution >= 0.6 is 0 Å². The molecule has 3 amide bonds. The summed E-state index contributed by atoms with van der Waals surface area (Å²) in [7, 11) is 0. The maximum Gasteiger partial charge on any atom is 0.407 e. The molecule has 2 aromatic carbocycles. The molecule has 42 heavy (non-hydrogen) atoms. The Hall–Kier alpha value is -3.84. The SMILES string of the molecule is O=C(CCOCCOCCOCCOCCNC(=O)OCC1c2ccccc2-c2ccccc21)ON1C(=O)CCC1=O. The first-order valence-corrected chi connectivity index (χ1v) is 14.0. The fourth-order valence-electron chi connectivity index (χ4n) is 4.60. The van der Waals surface area contributed by atoms with E-state index in [1.165, 1.54) is 22.3 Å². The molecule has 0 aromatic heterocycles. The number of benzene rings is 2. The van der Waals surface area contributed by atoms with Gasteiger partial charge < -0.3 is 33.8 Å². The van der Waals surface area contributed by atoms with Gasteiger partial charge in [0.25, 0.3) is 11.8 Å². The summed E-state index contributed by atoms with van der Waals surface area (Å²) in [4.78, 5) is 51.4. The first-order valence-electron chi connectivity index (χ1n) is 14.0. The number of carbonyl (C=O) groups excluding carboxylic acids is 4. The molecule has 0 spiro atoms. The Labute approximate surface area is 244 Å². The van der Waals surface area contributed by atoms with Gasteiger partial charge in [0.05, 0.1) is 59.3 Å². The van der Waals surface area contributed by atoms with Crippen LogP contribution in [0.25, 0.3) is 11.1 Å². The van der Waals surface area contributed by atoms with Crippen LogP contribution in [0.3, 0.4) is 0 Å². The normalized spacial score (nSPS) is 14.1. The van der Waals surface area contributed by atoms with Crippen molar-refractivity contribution in [3.63, 3.8) is 0 Å². The predicted molar refractivity (Wildman–Crippen MR) is 148 cm³/mol. The zero-order valence-electron chi connectivity index (χ0n) is 23.4. The van der Waals surface area contributed by atoms with Gasteiger partial charge in [-0.05, 0) is 22.3 Å². The van der Waals surface area contributed by atoms with E-state index in [0.29, 0.717) is 51.2 Å². The lowest BCUT2D eigenvalue weighted by Gasteiger charge is -2.14. The third kappa shape index (κ3) is 9.08. The summed E-state index contributed by atoms with van der Waals surface area (Å²) in [5.74, 6) is -1.71. The molecule has 1 N–H and O–H groups in total. The Morgan fingerprint density at radius 1 is 0.714 bits per heavy atom. The lowest BCUT2D eigenvalue weighted by atomic mass is 9.98. The predicted octanol–water partition coefficient (Wildman–Crippen LogP) is 2.59. The van der Waals surface area contributed by atoms with Crippen LogP contribution in [0.1, 0.15) is 36.3 Å². The van der Waals surface area contributed by atoms with Gasteiger partial charge in [0.2, 0.25) is 0 Å². The highest BCUT2D eigenvalue weighted by atomic mass is 16.7. The van der Waals surface area contributed by atoms with Crippen molar-refractivity contribution in [1.29, 1.82) is 0 Å². The van der Waals surface area contributed by atoms with Crippen molar-refractivity contribution in [3.8, 4) is 11.1 Å². The Morgan fingerprint density at radius 2 is 1.21 bits per heavy atom. The number of alkyl carbamates (subject to hydrolysis) is 1. The number of ether oxygens (including phenoxy) is 5. The van der Waals surface area contributed by atoms with Gasteiger partial charge in [-0.1, -0.05) is 48.5 Å². The second-order valence-electron chi connectivity index (χ2n) is 9.50. The first-order chi connectivity index (χ1) is 20.5. The second kappa shape index (κ2) is 16.6. The highest BCUT2D eigenvalue weighted by Crippen LogP contribution is 2.44. The number of hydroxylamine groups is 2. The van der Waals surface area contributed by atoms with Crippen LogP contribution < -0.4 is 5.32 Å². The molecular formula is C30H36N2O10. The Morgan fingerprint density at radius 3 is 1.79 bits per heavy atom. The van der Waals surface area contributed by atoms with Crippen LogP contribution in [0.2, 0.25) is 0 Å². The van der Waals surface area contributed by atoms with Crippen molar-refractivity contribution >= 4 is 23.9 Å². The Kier molecular flexibility index (Phi) is 12.3. The van der Waals surface area contributed by atoms with E-state index in [1.54, 1.807) is 0 Å². The van der Waals surface area contributed by atoms with E-state index < -0.39 is 23.9 Å². The average molecular weight is 585 g/mol. The van der Waals surface area contributed by atoms with E-state index in [-0.39, 0.29) is 45.0 Å². The number of fused-ring (bicyclic) bond motifs is 3. The number of nitrogens with one attached hydrogen (secondary N) is 1. The number of amides is 3. The van der Waals surface area contributed by atoms with Crippen LogP contribution in [-0.4, -0.2) is 94.9 Å². The molecule has 226 valence electrons. The molecule has 1 saturated heterocycles. The Bertz CT molecular complexity index is 1160. The lowest BCUT2D eigenvalue weighted by molar-refractivity contribution is -0.198. The summed E-state index contributed by atoms with van der Waals surface area (Å²) < 4.78 is 27.1. The van der Waals surface area contributed by atoms with Crippen LogP contribution in [0.15, 0.2) is 48.5 Å². The summed E-state index contributed by atoms with van der Waals surface area (Å²) in [6.07, 6.45) is -0.450. The number of hydrogen-bond acceptors (Lipinski definition) is 10. The maximum absolute atomic E-state index is 12.2. The molecule has 1 aliphatic carbocycles. The van der Waals surface area contributed by atoms with Crippen LogP contribution in [0.5, 0.6) is 0 Å². The van der Waals surface area contributed by atoms with Crippen molar-refractivity contribution in [3.05, 3.63) is 59.7 Å².